The van der Waals surface area contributed by atoms with Crippen LogP contribution >= 0.6 is 34.8 Å². The standard InChI is InChI=1S/C14H8Cl3F3N2O2/c15-8-3-10(17)11(4-9(8)16)21-12(23)6-22-5-7(14(18,19)20)1-2-13(22)24/h1-5H,6H2,(H,21,23). The van der Waals surface area contributed by atoms with Gasteiger partial charge >= 0.3 is 6.18 Å². The molecule has 10 heteroatoms. The van der Waals surface area contributed by atoms with E-state index in [1.54, 1.807) is 0 Å². The second kappa shape index (κ2) is 7.04. The van der Waals surface area contributed by atoms with Crippen molar-refractivity contribution in [1.82, 2.24) is 4.57 Å². The van der Waals surface area contributed by atoms with Gasteiger partial charge in [-0.25, -0.2) is 0 Å². The summed E-state index contributed by atoms with van der Waals surface area (Å²) < 4.78 is 38.6. The number of rotatable bonds is 3. The number of alkyl halides is 3. The van der Waals surface area contributed by atoms with Gasteiger partial charge in [-0.15, -0.1) is 0 Å². The highest BCUT2D eigenvalue weighted by Gasteiger charge is 2.31. The molecule has 2 aromatic rings. The normalized spacial score (nSPS) is 11.4. The van der Waals surface area contributed by atoms with Crippen molar-refractivity contribution in [2.24, 2.45) is 0 Å². The van der Waals surface area contributed by atoms with Crippen LogP contribution in [0, 0.1) is 0 Å². The largest absolute Gasteiger partial charge is 0.417 e. The molecule has 0 atom stereocenters. The zero-order valence-electron chi connectivity index (χ0n) is 11.6. The number of hydrogen-bond acceptors (Lipinski definition) is 2. The lowest BCUT2D eigenvalue weighted by Crippen LogP contribution is -2.28. The highest BCUT2D eigenvalue weighted by Crippen LogP contribution is 2.32. The van der Waals surface area contributed by atoms with Crippen LogP contribution < -0.4 is 10.9 Å². The summed E-state index contributed by atoms with van der Waals surface area (Å²) in [5.41, 5.74) is -1.67. The number of nitrogens with one attached hydrogen (secondary N) is 1. The van der Waals surface area contributed by atoms with Crippen molar-refractivity contribution in [2.45, 2.75) is 12.7 Å². The van der Waals surface area contributed by atoms with Crippen molar-refractivity contribution in [3.63, 3.8) is 0 Å². The van der Waals surface area contributed by atoms with E-state index in [0.29, 0.717) is 16.8 Å². The van der Waals surface area contributed by atoms with Crippen molar-refractivity contribution >= 4 is 46.4 Å². The van der Waals surface area contributed by atoms with E-state index in [2.05, 4.69) is 5.32 Å². The number of carbonyl (C=O) groups is 1. The molecule has 4 nitrogen and oxygen atoms in total. The van der Waals surface area contributed by atoms with E-state index >= 15 is 0 Å². The Hall–Kier alpha value is -1.70. The van der Waals surface area contributed by atoms with Gasteiger partial charge in [-0.1, -0.05) is 34.8 Å². The third-order valence-corrected chi connectivity index (χ3v) is 3.94. The Bertz CT molecular complexity index is 850. The summed E-state index contributed by atoms with van der Waals surface area (Å²) in [6, 6.07) is 3.98. The van der Waals surface area contributed by atoms with E-state index < -0.39 is 29.8 Å². The smallest absolute Gasteiger partial charge is 0.323 e. The molecule has 0 aliphatic heterocycles. The monoisotopic (exact) mass is 398 g/mol. The van der Waals surface area contributed by atoms with Gasteiger partial charge in [-0.2, -0.15) is 13.2 Å². The third kappa shape index (κ3) is 4.43. The van der Waals surface area contributed by atoms with Crippen LogP contribution in [-0.4, -0.2) is 10.5 Å². The number of nitrogens with zero attached hydrogens (tertiary/aromatic N) is 1. The van der Waals surface area contributed by atoms with Gasteiger partial charge in [0.05, 0.1) is 26.3 Å². The molecule has 0 fully saturated rings. The third-order valence-electron chi connectivity index (χ3n) is 2.91. The molecule has 0 saturated heterocycles. The maximum absolute atomic E-state index is 12.7. The van der Waals surface area contributed by atoms with Gasteiger partial charge in [0.25, 0.3) is 5.56 Å². The van der Waals surface area contributed by atoms with Crippen LogP contribution in [0.5, 0.6) is 0 Å². The summed E-state index contributed by atoms with van der Waals surface area (Å²) >= 11 is 17.4. The fourth-order valence-corrected chi connectivity index (χ4v) is 2.38. The van der Waals surface area contributed by atoms with Crippen LogP contribution in [-0.2, 0) is 17.5 Å². The van der Waals surface area contributed by atoms with Crippen LogP contribution in [0.4, 0.5) is 18.9 Å². The van der Waals surface area contributed by atoms with Crippen molar-refractivity contribution in [1.29, 1.82) is 0 Å². The summed E-state index contributed by atoms with van der Waals surface area (Å²) in [4.78, 5) is 23.6. The predicted molar refractivity (Wildman–Crippen MR) is 85.8 cm³/mol. The van der Waals surface area contributed by atoms with E-state index in [9.17, 15) is 22.8 Å². The summed E-state index contributed by atoms with van der Waals surface area (Å²) in [5, 5.41) is 2.76. The fourth-order valence-electron chi connectivity index (χ4n) is 1.79. The van der Waals surface area contributed by atoms with E-state index in [-0.39, 0.29) is 20.8 Å². The average Bonchev–Trinajstić information content (AvgIpc) is 2.46. The topological polar surface area (TPSA) is 51.1 Å². The van der Waals surface area contributed by atoms with E-state index in [1.807, 2.05) is 0 Å². The van der Waals surface area contributed by atoms with E-state index in [0.717, 1.165) is 6.07 Å². The predicted octanol–water partition coefficient (Wildman–Crippen LogP) is 4.47. The fraction of sp³-hybridized carbons (Fsp3) is 0.143. The van der Waals surface area contributed by atoms with Crippen molar-refractivity contribution in [2.75, 3.05) is 5.32 Å². The van der Waals surface area contributed by atoms with Gasteiger partial charge in [0.15, 0.2) is 0 Å². The maximum Gasteiger partial charge on any atom is 0.417 e. The molecule has 128 valence electrons. The van der Waals surface area contributed by atoms with Gasteiger partial charge in [0.2, 0.25) is 5.91 Å². The van der Waals surface area contributed by atoms with E-state index in [4.69, 9.17) is 34.8 Å². The van der Waals surface area contributed by atoms with Crippen LogP contribution in [0.2, 0.25) is 15.1 Å². The quantitative estimate of drug-likeness (QED) is 0.775. The highest BCUT2D eigenvalue weighted by molar-refractivity contribution is 6.44. The number of hydrogen-bond donors (Lipinski definition) is 1. The van der Waals surface area contributed by atoms with Crippen LogP contribution in [0.3, 0.4) is 0 Å². The molecule has 0 aliphatic rings. The maximum atomic E-state index is 12.7. The number of benzene rings is 1. The Kier molecular flexibility index (Phi) is 5.47. The number of aromatic nitrogens is 1. The summed E-state index contributed by atoms with van der Waals surface area (Å²) in [6.07, 6.45) is -4.06. The number of amides is 1. The molecule has 0 unspecified atom stereocenters. The average molecular weight is 400 g/mol. The first-order chi connectivity index (χ1) is 11.1. The number of pyridine rings is 1. The molecule has 2 rings (SSSR count). The molecule has 1 amide bonds. The second-order valence-corrected chi connectivity index (χ2v) is 5.90. The number of halogens is 6. The number of carbonyl (C=O) groups excluding carboxylic acids is 1. The Morgan fingerprint density at radius 1 is 1.08 bits per heavy atom. The molecular weight excluding hydrogens is 392 g/mol. The molecular formula is C14H8Cl3F3N2O2. The van der Waals surface area contributed by atoms with Gasteiger partial charge < -0.3 is 9.88 Å². The Labute approximate surface area is 148 Å². The lowest BCUT2D eigenvalue weighted by molar-refractivity contribution is -0.138. The second-order valence-electron chi connectivity index (χ2n) is 4.68. The summed E-state index contributed by atoms with van der Waals surface area (Å²) in [5.74, 6) is -0.753. The summed E-state index contributed by atoms with van der Waals surface area (Å²) in [7, 11) is 0. The van der Waals surface area contributed by atoms with Crippen LogP contribution in [0.15, 0.2) is 35.3 Å². The first kappa shape index (κ1) is 18.6. The molecule has 0 aliphatic carbocycles. The Morgan fingerprint density at radius 3 is 2.33 bits per heavy atom. The zero-order chi connectivity index (χ0) is 18.1. The molecule has 0 saturated carbocycles. The molecule has 1 heterocycles. The summed E-state index contributed by atoms with van der Waals surface area (Å²) in [6.45, 7) is -0.626. The molecule has 1 aromatic carbocycles. The molecule has 1 aromatic heterocycles. The van der Waals surface area contributed by atoms with E-state index in [1.165, 1.54) is 12.1 Å². The van der Waals surface area contributed by atoms with Gasteiger partial charge in [0.1, 0.15) is 6.54 Å². The molecule has 0 bridgehead atoms. The molecule has 24 heavy (non-hydrogen) atoms. The molecule has 1 N–H and O–H groups in total. The van der Waals surface area contributed by atoms with Crippen LogP contribution in [0.25, 0.3) is 0 Å². The zero-order valence-corrected chi connectivity index (χ0v) is 13.9. The number of anilines is 1. The first-order valence-electron chi connectivity index (χ1n) is 6.30. The SMILES string of the molecule is O=C(Cn1cc(C(F)(F)F)ccc1=O)Nc1cc(Cl)c(Cl)cc1Cl. The van der Waals surface area contributed by atoms with Gasteiger partial charge in [-0.05, 0) is 18.2 Å². The first-order valence-corrected chi connectivity index (χ1v) is 7.43. The minimum atomic E-state index is -4.63. The Balaban J connectivity index is 2.22. The lowest BCUT2D eigenvalue weighted by atomic mass is 10.2. The van der Waals surface area contributed by atoms with Gasteiger partial charge in [-0.3, -0.25) is 9.59 Å². The highest BCUT2D eigenvalue weighted by atomic mass is 35.5. The van der Waals surface area contributed by atoms with Crippen LogP contribution in [0.1, 0.15) is 5.56 Å². The van der Waals surface area contributed by atoms with Crippen molar-refractivity contribution in [3.8, 4) is 0 Å². The minimum absolute atomic E-state index is 0.0918. The lowest BCUT2D eigenvalue weighted by Gasteiger charge is -2.12. The molecule has 0 spiro atoms. The Morgan fingerprint density at radius 2 is 1.71 bits per heavy atom. The minimum Gasteiger partial charge on any atom is -0.323 e. The van der Waals surface area contributed by atoms with Gasteiger partial charge in [0, 0.05) is 12.3 Å². The van der Waals surface area contributed by atoms with Crippen molar-refractivity contribution in [3.05, 3.63) is 61.4 Å². The van der Waals surface area contributed by atoms with Crippen molar-refractivity contribution < 1.29 is 18.0 Å². The molecule has 0 radical (unpaired) electrons.